The Labute approximate surface area is 105 Å². The first-order valence-corrected chi connectivity index (χ1v) is 6.04. The van der Waals surface area contributed by atoms with Crippen LogP contribution in [0.1, 0.15) is 23.2 Å². The molecule has 3 nitrogen and oxygen atoms in total. The first-order valence-electron chi connectivity index (χ1n) is 6.04. The van der Waals surface area contributed by atoms with E-state index in [0.717, 1.165) is 36.1 Å². The van der Waals surface area contributed by atoms with E-state index in [1.165, 1.54) is 5.56 Å². The Morgan fingerprint density at radius 1 is 1.17 bits per heavy atom. The molecule has 1 aromatic carbocycles. The average Bonchev–Trinajstić information content (AvgIpc) is 2.56. The molecule has 1 aliphatic carbocycles. The van der Waals surface area contributed by atoms with Crippen molar-refractivity contribution in [2.24, 2.45) is 0 Å². The summed E-state index contributed by atoms with van der Waals surface area (Å²) < 4.78 is 0. The number of aromatic nitrogens is 1. The van der Waals surface area contributed by atoms with E-state index in [4.69, 9.17) is 5.26 Å². The molecule has 0 amide bonds. The molecule has 88 valence electrons. The second-order valence-corrected chi connectivity index (χ2v) is 4.53. The smallest absolute Gasteiger partial charge is 0.266 e. The summed E-state index contributed by atoms with van der Waals surface area (Å²) in [6.45, 7) is 0. The zero-order valence-electron chi connectivity index (χ0n) is 9.86. The van der Waals surface area contributed by atoms with Crippen LogP contribution >= 0.6 is 0 Å². The molecule has 0 atom stereocenters. The van der Waals surface area contributed by atoms with Gasteiger partial charge in [0.05, 0.1) is 0 Å². The lowest BCUT2D eigenvalue weighted by Gasteiger charge is -2.08. The molecule has 0 spiro atoms. The monoisotopic (exact) mass is 236 g/mol. The van der Waals surface area contributed by atoms with E-state index >= 15 is 0 Å². The highest BCUT2D eigenvalue weighted by Gasteiger charge is 2.16. The topological polar surface area (TPSA) is 56.6 Å². The molecule has 0 bridgehead atoms. The van der Waals surface area contributed by atoms with Crippen molar-refractivity contribution in [1.29, 1.82) is 5.26 Å². The summed E-state index contributed by atoms with van der Waals surface area (Å²) in [5, 5.41) is 8.97. The minimum Gasteiger partial charge on any atom is -0.324 e. The zero-order chi connectivity index (χ0) is 12.5. The van der Waals surface area contributed by atoms with Crippen LogP contribution in [-0.2, 0) is 12.8 Å². The van der Waals surface area contributed by atoms with E-state index in [0.29, 0.717) is 0 Å². The van der Waals surface area contributed by atoms with Gasteiger partial charge < -0.3 is 4.98 Å². The first-order chi connectivity index (χ1) is 8.79. The van der Waals surface area contributed by atoms with Crippen LogP contribution in [0.15, 0.2) is 35.1 Å². The summed E-state index contributed by atoms with van der Waals surface area (Å²) in [6.07, 6.45) is 2.88. The van der Waals surface area contributed by atoms with E-state index < -0.39 is 0 Å². The lowest BCUT2D eigenvalue weighted by atomic mass is 9.98. The van der Waals surface area contributed by atoms with Gasteiger partial charge in [-0.3, -0.25) is 4.79 Å². The zero-order valence-corrected chi connectivity index (χ0v) is 9.86. The van der Waals surface area contributed by atoms with Crippen molar-refractivity contribution < 1.29 is 0 Å². The van der Waals surface area contributed by atoms with Gasteiger partial charge in [-0.05, 0) is 36.5 Å². The fraction of sp³-hybridized carbons (Fsp3) is 0.200. The third-order valence-corrected chi connectivity index (χ3v) is 3.42. The Morgan fingerprint density at radius 2 is 2.00 bits per heavy atom. The normalized spacial score (nSPS) is 13.1. The molecule has 1 heterocycles. The summed E-state index contributed by atoms with van der Waals surface area (Å²) in [4.78, 5) is 14.5. The number of aryl methyl sites for hydroxylation is 2. The number of hydrogen-bond donors (Lipinski definition) is 1. The number of nitriles is 1. The minimum atomic E-state index is -0.282. The van der Waals surface area contributed by atoms with Gasteiger partial charge in [-0.2, -0.15) is 5.26 Å². The van der Waals surface area contributed by atoms with Gasteiger partial charge in [-0.1, -0.05) is 24.3 Å². The van der Waals surface area contributed by atoms with Crippen LogP contribution in [0.3, 0.4) is 0 Å². The van der Waals surface area contributed by atoms with Crippen molar-refractivity contribution in [2.45, 2.75) is 19.3 Å². The van der Waals surface area contributed by atoms with Crippen molar-refractivity contribution in [3.05, 3.63) is 57.5 Å². The largest absolute Gasteiger partial charge is 0.324 e. The van der Waals surface area contributed by atoms with Crippen molar-refractivity contribution in [2.75, 3.05) is 0 Å². The fourth-order valence-electron chi connectivity index (χ4n) is 2.55. The van der Waals surface area contributed by atoms with E-state index in [1.807, 2.05) is 18.2 Å². The number of nitrogens with zero attached hydrogens (tertiary/aromatic N) is 1. The fourth-order valence-corrected chi connectivity index (χ4v) is 2.55. The maximum absolute atomic E-state index is 11.7. The molecule has 3 rings (SSSR count). The molecule has 0 unspecified atom stereocenters. The molecule has 1 N–H and O–H groups in total. The number of fused-ring (bicyclic) bond motifs is 3. The van der Waals surface area contributed by atoms with Crippen LogP contribution < -0.4 is 5.56 Å². The molecule has 0 fully saturated rings. The highest BCUT2D eigenvalue weighted by molar-refractivity contribution is 5.71. The lowest BCUT2D eigenvalue weighted by molar-refractivity contribution is 0.810. The van der Waals surface area contributed by atoms with Crippen molar-refractivity contribution in [1.82, 2.24) is 4.98 Å². The third-order valence-electron chi connectivity index (χ3n) is 3.42. The third kappa shape index (κ3) is 1.63. The standard InChI is InChI=1S/C15H12N2O/c16-9-11-8-13-12-6-2-1-4-10(12)5-3-7-14(13)17-15(11)18/h1-2,4,6,8H,3,5,7H2,(H,17,18). The van der Waals surface area contributed by atoms with Crippen molar-refractivity contribution in [3.8, 4) is 17.2 Å². The number of nitrogens with one attached hydrogen (secondary N) is 1. The van der Waals surface area contributed by atoms with Crippen molar-refractivity contribution >= 4 is 0 Å². The highest BCUT2D eigenvalue weighted by atomic mass is 16.1. The molecular formula is C15H12N2O. The van der Waals surface area contributed by atoms with Crippen LogP contribution in [0.5, 0.6) is 0 Å². The minimum absolute atomic E-state index is 0.186. The van der Waals surface area contributed by atoms with Gasteiger partial charge in [-0.15, -0.1) is 0 Å². The average molecular weight is 236 g/mol. The van der Waals surface area contributed by atoms with Gasteiger partial charge in [0, 0.05) is 11.3 Å². The van der Waals surface area contributed by atoms with Gasteiger partial charge >= 0.3 is 0 Å². The molecule has 0 radical (unpaired) electrons. The molecule has 0 saturated heterocycles. The molecule has 1 aromatic heterocycles. The van der Waals surface area contributed by atoms with Crippen LogP contribution in [0.4, 0.5) is 0 Å². The molecule has 0 saturated carbocycles. The van der Waals surface area contributed by atoms with Crippen LogP contribution in [-0.4, -0.2) is 4.98 Å². The summed E-state index contributed by atoms with van der Waals surface area (Å²) in [6, 6.07) is 11.9. The molecule has 3 heteroatoms. The first kappa shape index (κ1) is 10.8. The Morgan fingerprint density at radius 3 is 2.83 bits per heavy atom. The molecular weight excluding hydrogens is 224 g/mol. The Bertz CT molecular complexity index is 707. The Hall–Kier alpha value is -2.34. The second-order valence-electron chi connectivity index (χ2n) is 4.53. The Kier molecular flexibility index (Phi) is 2.49. The number of rotatable bonds is 0. The van der Waals surface area contributed by atoms with Crippen LogP contribution in [0, 0.1) is 11.3 Å². The van der Waals surface area contributed by atoms with Crippen molar-refractivity contribution in [3.63, 3.8) is 0 Å². The molecule has 0 aliphatic heterocycles. The second kappa shape index (κ2) is 4.15. The number of aromatic amines is 1. The number of H-pyrrole nitrogens is 1. The van der Waals surface area contributed by atoms with Gasteiger partial charge in [0.1, 0.15) is 11.6 Å². The predicted molar refractivity (Wildman–Crippen MR) is 69.2 cm³/mol. The maximum Gasteiger partial charge on any atom is 0.266 e. The van der Waals surface area contributed by atoms with E-state index in [9.17, 15) is 4.79 Å². The summed E-state index contributed by atoms with van der Waals surface area (Å²) in [5.41, 5.74) is 4.27. The number of benzene rings is 1. The number of pyridine rings is 1. The van der Waals surface area contributed by atoms with Gasteiger partial charge in [0.25, 0.3) is 5.56 Å². The highest BCUT2D eigenvalue weighted by Crippen LogP contribution is 2.30. The summed E-state index contributed by atoms with van der Waals surface area (Å²) in [7, 11) is 0. The summed E-state index contributed by atoms with van der Waals surface area (Å²) >= 11 is 0. The molecule has 18 heavy (non-hydrogen) atoms. The van der Waals surface area contributed by atoms with Gasteiger partial charge in [0.15, 0.2) is 0 Å². The lowest BCUT2D eigenvalue weighted by Crippen LogP contribution is -2.13. The molecule has 2 aromatic rings. The van der Waals surface area contributed by atoms with Gasteiger partial charge in [0.2, 0.25) is 0 Å². The SMILES string of the molecule is N#Cc1cc2c([nH]c1=O)CCCc1ccccc1-2. The summed E-state index contributed by atoms with van der Waals surface area (Å²) in [5.74, 6) is 0. The van der Waals surface area contributed by atoms with Crippen LogP contribution in [0.25, 0.3) is 11.1 Å². The van der Waals surface area contributed by atoms with Gasteiger partial charge in [-0.25, -0.2) is 0 Å². The van der Waals surface area contributed by atoms with E-state index in [1.54, 1.807) is 6.07 Å². The predicted octanol–water partition coefficient (Wildman–Crippen LogP) is 2.40. The number of hydrogen-bond acceptors (Lipinski definition) is 2. The van der Waals surface area contributed by atoms with E-state index in [2.05, 4.69) is 17.1 Å². The Balaban J connectivity index is 2.33. The van der Waals surface area contributed by atoms with E-state index in [-0.39, 0.29) is 11.1 Å². The maximum atomic E-state index is 11.7. The quantitative estimate of drug-likeness (QED) is 0.763. The van der Waals surface area contributed by atoms with Crippen LogP contribution in [0.2, 0.25) is 0 Å². The molecule has 1 aliphatic rings.